The normalized spacial score (nSPS) is 13.3. The van der Waals surface area contributed by atoms with Crippen LogP contribution in [0.2, 0.25) is 0 Å². The number of amides is 1. The van der Waals surface area contributed by atoms with E-state index in [9.17, 15) is 4.79 Å². The van der Waals surface area contributed by atoms with Crippen LogP contribution >= 0.6 is 0 Å². The fourth-order valence-electron chi connectivity index (χ4n) is 3.15. The van der Waals surface area contributed by atoms with Gasteiger partial charge in [0.2, 0.25) is 0 Å². The largest absolute Gasteiger partial charge is 0.444 e. The van der Waals surface area contributed by atoms with Crippen LogP contribution in [0.15, 0.2) is 59.5 Å². The molecule has 1 aliphatic rings. The van der Waals surface area contributed by atoms with Gasteiger partial charge in [-0.1, -0.05) is 6.07 Å². The van der Waals surface area contributed by atoms with Crippen LogP contribution in [0.1, 0.15) is 34.3 Å². The number of rotatable bonds is 3. The van der Waals surface area contributed by atoms with Gasteiger partial charge in [0.25, 0.3) is 5.91 Å². The average molecular weight is 318 g/mol. The molecule has 24 heavy (non-hydrogen) atoms. The Bertz CT molecular complexity index is 852. The quantitative estimate of drug-likeness (QED) is 0.775. The Morgan fingerprint density at radius 3 is 2.54 bits per heavy atom. The Balaban J connectivity index is 1.49. The van der Waals surface area contributed by atoms with Gasteiger partial charge in [0, 0.05) is 16.8 Å². The van der Waals surface area contributed by atoms with Crippen molar-refractivity contribution in [3.63, 3.8) is 0 Å². The molecule has 1 aromatic heterocycles. The number of carbonyl (C=O) groups excluding carboxylic acids is 1. The number of nitrogens with one attached hydrogen (secondary N) is 1. The summed E-state index contributed by atoms with van der Waals surface area (Å²) in [6.07, 6.45) is 7.72. The van der Waals surface area contributed by atoms with E-state index < -0.39 is 0 Å². The molecule has 0 unspecified atom stereocenters. The van der Waals surface area contributed by atoms with Gasteiger partial charge >= 0.3 is 0 Å². The van der Waals surface area contributed by atoms with Crippen LogP contribution in [-0.4, -0.2) is 10.9 Å². The predicted molar refractivity (Wildman–Crippen MR) is 93.0 cm³/mol. The summed E-state index contributed by atoms with van der Waals surface area (Å²) in [5.41, 5.74) is 5.11. The molecule has 0 spiro atoms. The Morgan fingerprint density at radius 2 is 1.79 bits per heavy atom. The maximum Gasteiger partial charge on any atom is 0.255 e. The first-order valence-corrected chi connectivity index (χ1v) is 8.22. The highest BCUT2D eigenvalue weighted by molar-refractivity contribution is 6.04. The van der Waals surface area contributed by atoms with Crippen LogP contribution in [0, 0.1) is 0 Å². The predicted octanol–water partition coefficient (Wildman–Crippen LogP) is 4.47. The Hall–Kier alpha value is -2.88. The van der Waals surface area contributed by atoms with Crippen LogP contribution in [0.3, 0.4) is 0 Å². The molecule has 120 valence electrons. The fourth-order valence-corrected chi connectivity index (χ4v) is 3.15. The van der Waals surface area contributed by atoms with E-state index in [1.807, 2.05) is 36.4 Å². The smallest absolute Gasteiger partial charge is 0.255 e. The standard InChI is InChI=1S/C20H18N2O2/c23-20(17-6-5-14-3-1-2-4-16(14)11-17)22-18-9-7-15(8-10-18)19-12-21-13-24-19/h5-13H,1-4H2,(H,22,23). The minimum absolute atomic E-state index is 0.0733. The van der Waals surface area contributed by atoms with E-state index in [1.165, 1.54) is 30.4 Å². The van der Waals surface area contributed by atoms with Crippen molar-refractivity contribution in [2.45, 2.75) is 25.7 Å². The minimum atomic E-state index is -0.0733. The molecule has 4 heteroatoms. The zero-order valence-corrected chi connectivity index (χ0v) is 13.3. The van der Waals surface area contributed by atoms with E-state index >= 15 is 0 Å². The highest BCUT2D eigenvalue weighted by Crippen LogP contribution is 2.24. The molecule has 2 aromatic carbocycles. The van der Waals surface area contributed by atoms with Crippen LogP contribution in [-0.2, 0) is 12.8 Å². The number of benzene rings is 2. The van der Waals surface area contributed by atoms with E-state index in [-0.39, 0.29) is 5.91 Å². The summed E-state index contributed by atoms with van der Waals surface area (Å²) in [4.78, 5) is 16.4. The average Bonchev–Trinajstić information content (AvgIpc) is 3.16. The summed E-state index contributed by atoms with van der Waals surface area (Å²) in [7, 11) is 0. The molecule has 0 radical (unpaired) electrons. The van der Waals surface area contributed by atoms with Gasteiger partial charge in [-0.3, -0.25) is 4.79 Å². The molecule has 1 heterocycles. The molecular formula is C20H18N2O2. The SMILES string of the molecule is O=C(Nc1ccc(-c2cnco2)cc1)c1ccc2c(c1)CCCC2. The lowest BCUT2D eigenvalue weighted by molar-refractivity contribution is 0.102. The van der Waals surface area contributed by atoms with Crippen molar-refractivity contribution in [2.75, 3.05) is 5.32 Å². The molecule has 1 aliphatic carbocycles. The lowest BCUT2D eigenvalue weighted by Crippen LogP contribution is -2.13. The second kappa shape index (κ2) is 6.32. The van der Waals surface area contributed by atoms with Gasteiger partial charge in [-0.2, -0.15) is 0 Å². The molecule has 0 aliphatic heterocycles. The molecule has 0 atom stereocenters. The summed E-state index contributed by atoms with van der Waals surface area (Å²) in [6, 6.07) is 13.6. The first kappa shape index (κ1) is 14.7. The number of fused-ring (bicyclic) bond motifs is 1. The zero-order valence-electron chi connectivity index (χ0n) is 13.3. The maximum absolute atomic E-state index is 12.5. The lowest BCUT2D eigenvalue weighted by atomic mass is 9.90. The molecule has 1 amide bonds. The first-order valence-electron chi connectivity index (χ1n) is 8.22. The third-order valence-corrected chi connectivity index (χ3v) is 4.47. The Kier molecular flexibility index (Phi) is 3.87. The molecule has 4 rings (SSSR count). The van der Waals surface area contributed by atoms with E-state index in [4.69, 9.17) is 4.42 Å². The number of anilines is 1. The van der Waals surface area contributed by atoms with Crippen molar-refractivity contribution < 1.29 is 9.21 Å². The number of aryl methyl sites for hydroxylation is 2. The van der Waals surface area contributed by atoms with Crippen molar-refractivity contribution in [1.82, 2.24) is 4.98 Å². The molecule has 0 saturated carbocycles. The minimum Gasteiger partial charge on any atom is -0.444 e. The van der Waals surface area contributed by atoms with Crippen molar-refractivity contribution in [2.24, 2.45) is 0 Å². The number of aromatic nitrogens is 1. The third-order valence-electron chi connectivity index (χ3n) is 4.47. The third kappa shape index (κ3) is 2.95. The van der Waals surface area contributed by atoms with Gasteiger partial charge in [0.1, 0.15) is 0 Å². The molecule has 1 N–H and O–H groups in total. The molecular weight excluding hydrogens is 300 g/mol. The van der Waals surface area contributed by atoms with Gasteiger partial charge in [0.05, 0.1) is 6.20 Å². The highest BCUT2D eigenvalue weighted by Gasteiger charge is 2.13. The molecule has 4 nitrogen and oxygen atoms in total. The second-order valence-corrected chi connectivity index (χ2v) is 6.09. The topological polar surface area (TPSA) is 55.1 Å². The molecule has 0 bridgehead atoms. The van der Waals surface area contributed by atoms with E-state index in [1.54, 1.807) is 6.20 Å². The number of carbonyl (C=O) groups is 1. The number of oxazole rings is 1. The van der Waals surface area contributed by atoms with Gasteiger partial charge < -0.3 is 9.73 Å². The zero-order chi connectivity index (χ0) is 16.4. The van der Waals surface area contributed by atoms with E-state index in [0.29, 0.717) is 5.76 Å². The van der Waals surface area contributed by atoms with Crippen molar-refractivity contribution >= 4 is 11.6 Å². The second-order valence-electron chi connectivity index (χ2n) is 6.09. The Labute approximate surface area is 140 Å². The van der Waals surface area contributed by atoms with Gasteiger partial charge in [-0.15, -0.1) is 0 Å². The summed E-state index contributed by atoms with van der Waals surface area (Å²) in [6.45, 7) is 0. The van der Waals surface area contributed by atoms with Crippen LogP contribution in [0.25, 0.3) is 11.3 Å². The summed E-state index contributed by atoms with van der Waals surface area (Å²) >= 11 is 0. The summed E-state index contributed by atoms with van der Waals surface area (Å²) in [5.74, 6) is 0.637. The Morgan fingerprint density at radius 1 is 1.00 bits per heavy atom. The van der Waals surface area contributed by atoms with Crippen molar-refractivity contribution in [3.05, 3.63) is 71.7 Å². The molecule has 0 saturated heterocycles. The van der Waals surface area contributed by atoms with Gasteiger partial charge in [-0.25, -0.2) is 4.98 Å². The van der Waals surface area contributed by atoms with Crippen LogP contribution < -0.4 is 5.32 Å². The van der Waals surface area contributed by atoms with Crippen molar-refractivity contribution in [1.29, 1.82) is 0 Å². The summed E-state index contributed by atoms with van der Waals surface area (Å²) in [5, 5.41) is 2.95. The first-order chi connectivity index (χ1) is 11.8. The lowest BCUT2D eigenvalue weighted by Gasteiger charge is -2.16. The fraction of sp³-hybridized carbons (Fsp3) is 0.200. The molecule has 0 fully saturated rings. The van der Waals surface area contributed by atoms with Crippen molar-refractivity contribution in [3.8, 4) is 11.3 Å². The van der Waals surface area contributed by atoms with Gasteiger partial charge in [-0.05, 0) is 73.2 Å². The monoisotopic (exact) mass is 318 g/mol. The summed E-state index contributed by atoms with van der Waals surface area (Å²) < 4.78 is 5.26. The number of hydrogen-bond acceptors (Lipinski definition) is 3. The van der Waals surface area contributed by atoms with Crippen LogP contribution in [0.4, 0.5) is 5.69 Å². The van der Waals surface area contributed by atoms with E-state index in [0.717, 1.165) is 29.7 Å². The number of nitrogens with zero attached hydrogens (tertiary/aromatic N) is 1. The highest BCUT2D eigenvalue weighted by atomic mass is 16.3. The maximum atomic E-state index is 12.5. The molecule has 3 aromatic rings. The van der Waals surface area contributed by atoms with E-state index in [2.05, 4.69) is 16.4 Å². The van der Waals surface area contributed by atoms with Crippen LogP contribution in [0.5, 0.6) is 0 Å². The van der Waals surface area contributed by atoms with Gasteiger partial charge in [0.15, 0.2) is 12.2 Å². The number of hydrogen-bond donors (Lipinski definition) is 1.